The van der Waals surface area contributed by atoms with Crippen molar-refractivity contribution in [2.45, 2.75) is 6.10 Å². The van der Waals surface area contributed by atoms with Crippen LogP contribution in [0.3, 0.4) is 0 Å². The molecular weight excluding hydrogens is 332 g/mol. The Balaban J connectivity index is 1.76. The van der Waals surface area contributed by atoms with E-state index in [0.717, 1.165) is 10.2 Å². The van der Waals surface area contributed by atoms with Gasteiger partial charge in [-0.2, -0.15) is 5.26 Å². The molecule has 0 heterocycles. The van der Waals surface area contributed by atoms with Crippen molar-refractivity contribution in [1.29, 1.82) is 5.26 Å². The molecule has 0 bridgehead atoms. The van der Waals surface area contributed by atoms with E-state index in [1.54, 1.807) is 24.3 Å². The van der Waals surface area contributed by atoms with E-state index in [4.69, 9.17) is 10.00 Å². The van der Waals surface area contributed by atoms with Gasteiger partial charge in [-0.3, -0.25) is 0 Å². The number of aliphatic hydroxyl groups is 1. The van der Waals surface area contributed by atoms with Gasteiger partial charge >= 0.3 is 0 Å². The minimum absolute atomic E-state index is 0.187. The van der Waals surface area contributed by atoms with Crippen molar-refractivity contribution >= 4 is 21.6 Å². The topological polar surface area (TPSA) is 65.3 Å². The van der Waals surface area contributed by atoms with Crippen LogP contribution in [0.25, 0.3) is 0 Å². The van der Waals surface area contributed by atoms with Crippen molar-refractivity contribution in [3.05, 3.63) is 58.6 Å². The van der Waals surface area contributed by atoms with Gasteiger partial charge in [0.1, 0.15) is 18.5 Å². The Labute approximate surface area is 132 Å². The van der Waals surface area contributed by atoms with Gasteiger partial charge in [-0.15, -0.1) is 0 Å². The Morgan fingerprint density at radius 1 is 1.24 bits per heavy atom. The molecule has 0 spiro atoms. The monoisotopic (exact) mass is 346 g/mol. The van der Waals surface area contributed by atoms with Crippen molar-refractivity contribution in [2.75, 3.05) is 18.5 Å². The summed E-state index contributed by atoms with van der Waals surface area (Å²) >= 11 is 3.39. The lowest BCUT2D eigenvalue weighted by atomic mass is 10.2. The first kappa shape index (κ1) is 15.4. The van der Waals surface area contributed by atoms with E-state index in [2.05, 4.69) is 21.2 Å². The van der Waals surface area contributed by atoms with Gasteiger partial charge in [-0.25, -0.2) is 0 Å². The van der Waals surface area contributed by atoms with Crippen molar-refractivity contribution in [1.82, 2.24) is 0 Å². The molecule has 21 heavy (non-hydrogen) atoms. The smallest absolute Gasteiger partial charge is 0.119 e. The third-order valence-electron chi connectivity index (χ3n) is 2.79. The van der Waals surface area contributed by atoms with Crippen LogP contribution in [0.4, 0.5) is 5.69 Å². The Morgan fingerprint density at radius 3 is 2.67 bits per heavy atom. The maximum absolute atomic E-state index is 9.89. The second-order valence-corrected chi connectivity index (χ2v) is 5.41. The van der Waals surface area contributed by atoms with Crippen LogP contribution in [-0.4, -0.2) is 24.4 Å². The predicted molar refractivity (Wildman–Crippen MR) is 85.3 cm³/mol. The Morgan fingerprint density at radius 2 is 2.00 bits per heavy atom. The number of hydrogen-bond donors (Lipinski definition) is 2. The summed E-state index contributed by atoms with van der Waals surface area (Å²) in [4.78, 5) is 0. The molecule has 4 nitrogen and oxygen atoms in total. The third kappa shape index (κ3) is 5.10. The fourth-order valence-electron chi connectivity index (χ4n) is 1.71. The highest BCUT2D eigenvalue weighted by Crippen LogP contribution is 2.16. The molecule has 2 rings (SSSR count). The van der Waals surface area contributed by atoms with E-state index in [1.807, 2.05) is 30.3 Å². The van der Waals surface area contributed by atoms with Crippen LogP contribution in [-0.2, 0) is 0 Å². The van der Waals surface area contributed by atoms with Crippen LogP contribution < -0.4 is 10.1 Å². The summed E-state index contributed by atoms with van der Waals surface area (Å²) in [5, 5.41) is 21.7. The highest BCUT2D eigenvalue weighted by molar-refractivity contribution is 9.10. The van der Waals surface area contributed by atoms with E-state index < -0.39 is 6.10 Å². The Bertz CT molecular complexity index is 623. The molecule has 0 fully saturated rings. The maximum atomic E-state index is 9.89. The number of ether oxygens (including phenoxy) is 1. The number of nitriles is 1. The van der Waals surface area contributed by atoms with Crippen molar-refractivity contribution < 1.29 is 9.84 Å². The number of rotatable bonds is 6. The number of hydrogen-bond acceptors (Lipinski definition) is 4. The summed E-state index contributed by atoms with van der Waals surface area (Å²) in [5.74, 6) is 0.635. The second-order valence-electron chi connectivity index (χ2n) is 4.49. The molecule has 5 heteroatoms. The van der Waals surface area contributed by atoms with Crippen LogP contribution in [0.5, 0.6) is 5.75 Å². The molecule has 0 aliphatic heterocycles. The lowest BCUT2D eigenvalue weighted by Gasteiger charge is -2.14. The minimum atomic E-state index is -0.625. The van der Waals surface area contributed by atoms with E-state index in [9.17, 15) is 5.11 Å². The fraction of sp³-hybridized carbons (Fsp3) is 0.188. The van der Waals surface area contributed by atoms with Crippen LogP contribution in [0.15, 0.2) is 53.0 Å². The van der Waals surface area contributed by atoms with Gasteiger partial charge in [0, 0.05) is 16.7 Å². The van der Waals surface area contributed by atoms with Gasteiger partial charge in [0.05, 0.1) is 11.6 Å². The molecule has 2 aromatic carbocycles. The summed E-state index contributed by atoms with van der Waals surface area (Å²) in [5.41, 5.74) is 1.51. The summed E-state index contributed by atoms with van der Waals surface area (Å²) < 4.78 is 6.45. The van der Waals surface area contributed by atoms with Crippen LogP contribution in [0.2, 0.25) is 0 Å². The van der Waals surface area contributed by atoms with Crippen LogP contribution in [0.1, 0.15) is 5.56 Å². The zero-order valence-corrected chi connectivity index (χ0v) is 12.9. The summed E-state index contributed by atoms with van der Waals surface area (Å²) in [6, 6.07) is 16.6. The van der Waals surface area contributed by atoms with Gasteiger partial charge in [0.2, 0.25) is 0 Å². The molecule has 2 aromatic rings. The lowest BCUT2D eigenvalue weighted by Crippen LogP contribution is -2.26. The quantitative estimate of drug-likeness (QED) is 0.842. The summed E-state index contributed by atoms with van der Waals surface area (Å²) in [7, 11) is 0. The van der Waals surface area contributed by atoms with Crippen LogP contribution in [0, 0.1) is 11.3 Å². The zero-order chi connectivity index (χ0) is 15.1. The number of anilines is 1. The molecule has 0 aromatic heterocycles. The van der Waals surface area contributed by atoms with Gasteiger partial charge < -0.3 is 15.2 Å². The standard InChI is InChI=1S/C16H15BrN2O2/c17-13-2-1-3-14(8-13)19-10-15(20)11-21-16-6-4-12(9-18)5-7-16/h1-8,15,19-20H,10-11H2. The van der Waals surface area contributed by atoms with Crippen molar-refractivity contribution in [3.8, 4) is 11.8 Å². The fourth-order valence-corrected chi connectivity index (χ4v) is 2.11. The highest BCUT2D eigenvalue weighted by Gasteiger charge is 2.05. The summed E-state index contributed by atoms with van der Waals surface area (Å²) in [6.07, 6.45) is -0.625. The number of benzene rings is 2. The van der Waals surface area contributed by atoms with Gasteiger partial charge in [-0.1, -0.05) is 22.0 Å². The average Bonchev–Trinajstić information content (AvgIpc) is 2.51. The van der Waals surface area contributed by atoms with E-state index in [-0.39, 0.29) is 6.61 Å². The zero-order valence-electron chi connectivity index (χ0n) is 11.3. The predicted octanol–water partition coefficient (Wildman–Crippen LogP) is 3.17. The number of nitrogens with zero attached hydrogens (tertiary/aromatic N) is 1. The second kappa shape index (κ2) is 7.67. The molecule has 108 valence electrons. The highest BCUT2D eigenvalue weighted by atomic mass is 79.9. The normalized spacial score (nSPS) is 11.5. The first-order chi connectivity index (χ1) is 10.2. The number of nitrogens with one attached hydrogen (secondary N) is 1. The van der Waals surface area contributed by atoms with Gasteiger partial charge in [0.25, 0.3) is 0 Å². The molecule has 0 saturated heterocycles. The largest absolute Gasteiger partial charge is 0.491 e. The lowest BCUT2D eigenvalue weighted by molar-refractivity contribution is 0.117. The molecule has 1 atom stereocenters. The Kier molecular flexibility index (Phi) is 5.61. The van der Waals surface area contributed by atoms with Crippen molar-refractivity contribution in [3.63, 3.8) is 0 Å². The first-order valence-electron chi connectivity index (χ1n) is 6.48. The molecule has 1 unspecified atom stereocenters. The SMILES string of the molecule is N#Cc1ccc(OCC(O)CNc2cccc(Br)c2)cc1. The Hall–Kier alpha value is -2.03. The number of aliphatic hydroxyl groups excluding tert-OH is 1. The molecule has 0 aliphatic rings. The van der Waals surface area contributed by atoms with Crippen molar-refractivity contribution in [2.24, 2.45) is 0 Å². The first-order valence-corrected chi connectivity index (χ1v) is 7.27. The van der Waals surface area contributed by atoms with E-state index in [0.29, 0.717) is 17.9 Å². The third-order valence-corrected chi connectivity index (χ3v) is 3.29. The van der Waals surface area contributed by atoms with E-state index >= 15 is 0 Å². The van der Waals surface area contributed by atoms with Crippen LogP contribution >= 0.6 is 15.9 Å². The molecule has 0 radical (unpaired) electrons. The van der Waals surface area contributed by atoms with Gasteiger partial charge in [-0.05, 0) is 42.5 Å². The minimum Gasteiger partial charge on any atom is -0.491 e. The van der Waals surface area contributed by atoms with E-state index in [1.165, 1.54) is 0 Å². The molecule has 2 N–H and O–H groups in total. The summed E-state index contributed by atoms with van der Waals surface area (Å²) in [6.45, 7) is 0.583. The number of halogens is 1. The molecule has 0 aliphatic carbocycles. The molecular formula is C16H15BrN2O2. The molecule has 0 amide bonds. The molecule has 0 saturated carbocycles. The maximum Gasteiger partial charge on any atom is 0.119 e. The average molecular weight is 347 g/mol. The van der Waals surface area contributed by atoms with Gasteiger partial charge in [0.15, 0.2) is 0 Å².